The number of thioether (sulfide) groups is 1. The van der Waals surface area contributed by atoms with Crippen molar-refractivity contribution in [2.45, 2.75) is 11.8 Å². The van der Waals surface area contributed by atoms with Gasteiger partial charge in [-0.2, -0.15) is 0 Å². The van der Waals surface area contributed by atoms with Gasteiger partial charge in [-0.15, -0.1) is 0 Å². The molecule has 0 fully saturated rings. The molecule has 0 atom stereocenters. The minimum atomic E-state index is -0.0766. The number of nitrogens with one attached hydrogen (secondary N) is 1. The van der Waals surface area contributed by atoms with E-state index in [4.69, 9.17) is 16.0 Å². The number of hydrogen-bond acceptors (Lipinski definition) is 4. The van der Waals surface area contributed by atoms with Crippen LogP contribution >= 0.6 is 23.4 Å². The van der Waals surface area contributed by atoms with E-state index in [0.29, 0.717) is 16.8 Å². The van der Waals surface area contributed by atoms with E-state index in [9.17, 15) is 4.79 Å². The number of rotatable bonds is 5. The summed E-state index contributed by atoms with van der Waals surface area (Å²) in [7, 11) is 0. The summed E-state index contributed by atoms with van der Waals surface area (Å²) in [4.78, 5) is 16.2. The molecule has 1 N–H and O–H groups in total. The van der Waals surface area contributed by atoms with Gasteiger partial charge in [-0.1, -0.05) is 47.6 Å². The number of nitrogens with zero attached hydrogens (tertiary/aromatic N) is 1. The Balaban J connectivity index is 1.51. The molecule has 0 aliphatic carbocycles. The number of carbonyl (C=O) groups is 1. The van der Waals surface area contributed by atoms with Crippen molar-refractivity contribution >= 4 is 40.4 Å². The Labute approximate surface area is 136 Å². The number of halogens is 1. The molecule has 1 amide bonds. The third kappa shape index (κ3) is 3.81. The molecule has 0 saturated heterocycles. The predicted molar refractivity (Wildman–Crippen MR) is 88.0 cm³/mol. The number of aromatic nitrogens is 1. The van der Waals surface area contributed by atoms with Crippen molar-refractivity contribution in [3.63, 3.8) is 0 Å². The van der Waals surface area contributed by atoms with E-state index in [1.54, 1.807) is 6.07 Å². The second-order valence-corrected chi connectivity index (χ2v) is 6.01. The lowest BCUT2D eigenvalue weighted by molar-refractivity contribution is -0.118. The summed E-state index contributed by atoms with van der Waals surface area (Å²) >= 11 is 7.18. The van der Waals surface area contributed by atoms with Gasteiger partial charge < -0.3 is 9.73 Å². The highest BCUT2D eigenvalue weighted by atomic mass is 35.5. The fourth-order valence-corrected chi connectivity index (χ4v) is 2.82. The normalized spacial score (nSPS) is 10.8. The van der Waals surface area contributed by atoms with Crippen molar-refractivity contribution in [1.29, 1.82) is 0 Å². The molecule has 3 rings (SSSR count). The molecule has 2 aromatic carbocycles. The average Bonchev–Trinajstić information content (AvgIpc) is 2.94. The van der Waals surface area contributed by atoms with Crippen molar-refractivity contribution in [2.75, 3.05) is 5.75 Å². The Morgan fingerprint density at radius 1 is 1.23 bits per heavy atom. The van der Waals surface area contributed by atoms with Gasteiger partial charge in [-0.05, 0) is 29.8 Å². The maximum atomic E-state index is 11.9. The van der Waals surface area contributed by atoms with Crippen LogP contribution in [0, 0.1) is 0 Å². The van der Waals surface area contributed by atoms with Gasteiger partial charge in [0, 0.05) is 11.6 Å². The molecule has 0 saturated carbocycles. The van der Waals surface area contributed by atoms with Crippen molar-refractivity contribution in [1.82, 2.24) is 10.3 Å². The quantitative estimate of drug-likeness (QED) is 0.720. The lowest BCUT2D eigenvalue weighted by Crippen LogP contribution is -2.24. The Kier molecular flexibility index (Phi) is 4.65. The molecule has 112 valence electrons. The van der Waals surface area contributed by atoms with E-state index in [0.717, 1.165) is 16.7 Å². The Morgan fingerprint density at radius 3 is 2.91 bits per heavy atom. The van der Waals surface area contributed by atoms with Gasteiger partial charge >= 0.3 is 0 Å². The summed E-state index contributed by atoms with van der Waals surface area (Å²) in [5.41, 5.74) is 2.49. The van der Waals surface area contributed by atoms with Gasteiger partial charge in [0.25, 0.3) is 5.22 Å². The number of amides is 1. The van der Waals surface area contributed by atoms with E-state index in [-0.39, 0.29) is 11.7 Å². The minimum absolute atomic E-state index is 0.0766. The second-order valence-electron chi connectivity index (χ2n) is 4.64. The van der Waals surface area contributed by atoms with Crippen molar-refractivity contribution in [3.8, 4) is 0 Å². The third-order valence-corrected chi connectivity index (χ3v) is 4.04. The topological polar surface area (TPSA) is 55.1 Å². The molecule has 0 aliphatic rings. The van der Waals surface area contributed by atoms with Crippen LogP contribution in [0.25, 0.3) is 11.1 Å². The highest BCUT2D eigenvalue weighted by Gasteiger charge is 2.08. The van der Waals surface area contributed by atoms with Gasteiger partial charge in [0.05, 0.1) is 5.75 Å². The van der Waals surface area contributed by atoms with E-state index in [1.807, 2.05) is 42.5 Å². The van der Waals surface area contributed by atoms with Crippen LogP contribution in [-0.4, -0.2) is 16.6 Å². The van der Waals surface area contributed by atoms with Gasteiger partial charge in [-0.3, -0.25) is 4.79 Å². The molecule has 1 aromatic heterocycles. The molecular weight excluding hydrogens is 320 g/mol. The summed E-state index contributed by atoms with van der Waals surface area (Å²) in [6.45, 7) is 0.452. The van der Waals surface area contributed by atoms with Crippen LogP contribution in [0.2, 0.25) is 5.02 Å². The molecule has 0 radical (unpaired) electrons. The Bertz CT molecular complexity index is 770. The zero-order valence-corrected chi connectivity index (χ0v) is 13.2. The van der Waals surface area contributed by atoms with Crippen LogP contribution in [-0.2, 0) is 11.3 Å². The molecule has 0 spiro atoms. The molecule has 22 heavy (non-hydrogen) atoms. The van der Waals surface area contributed by atoms with Crippen LogP contribution in [0.1, 0.15) is 5.56 Å². The molecule has 0 aliphatic heterocycles. The van der Waals surface area contributed by atoms with Crippen LogP contribution in [0.15, 0.2) is 58.2 Å². The highest BCUT2D eigenvalue weighted by Crippen LogP contribution is 2.22. The van der Waals surface area contributed by atoms with Crippen LogP contribution < -0.4 is 5.32 Å². The summed E-state index contributed by atoms with van der Waals surface area (Å²) in [5.74, 6) is 0.181. The molecule has 0 bridgehead atoms. The second kappa shape index (κ2) is 6.85. The number of para-hydroxylation sites is 2. The van der Waals surface area contributed by atoms with Gasteiger partial charge in [0.2, 0.25) is 5.91 Å². The summed E-state index contributed by atoms with van der Waals surface area (Å²) < 4.78 is 5.55. The zero-order chi connectivity index (χ0) is 15.4. The first kappa shape index (κ1) is 14.9. The van der Waals surface area contributed by atoms with E-state index >= 15 is 0 Å². The lowest BCUT2D eigenvalue weighted by Gasteiger charge is -2.04. The molecule has 6 heteroatoms. The van der Waals surface area contributed by atoms with Gasteiger partial charge in [-0.25, -0.2) is 4.98 Å². The fraction of sp³-hybridized carbons (Fsp3) is 0.125. The first-order chi connectivity index (χ1) is 10.7. The predicted octanol–water partition coefficient (Wildman–Crippen LogP) is 3.89. The van der Waals surface area contributed by atoms with E-state index < -0.39 is 0 Å². The first-order valence-electron chi connectivity index (χ1n) is 6.70. The minimum Gasteiger partial charge on any atom is -0.431 e. The molecular formula is C16H13ClN2O2S. The molecule has 3 aromatic rings. The number of carbonyl (C=O) groups excluding carboxylic acids is 1. The number of hydrogen-bond donors (Lipinski definition) is 1. The Hall–Kier alpha value is -1.98. The third-order valence-electron chi connectivity index (χ3n) is 2.98. The highest BCUT2D eigenvalue weighted by molar-refractivity contribution is 7.99. The van der Waals surface area contributed by atoms with Crippen LogP contribution in [0.5, 0.6) is 0 Å². The van der Waals surface area contributed by atoms with Crippen molar-refractivity contribution in [3.05, 3.63) is 59.1 Å². The standard InChI is InChI=1S/C16H13ClN2O2S/c17-12-5-3-4-11(8-12)9-18-15(20)10-22-16-19-13-6-1-2-7-14(13)21-16/h1-8H,9-10H2,(H,18,20). The summed E-state index contributed by atoms with van der Waals surface area (Å²) in [5, 5.41) is 4.00. The van der Waals surface area contributed by atoms with Crippen LogP contribution in [0.4, 0.5) is 0 Å². The first-order valence-corrected chi connectivity index (χ1v) is 8.06. The smallest absolute Gasteiger partial charge is 0.257 e. The molecule has 1 heterocycles. The lowest BCUT2D eigenvalue weighted by atomic mass is 10.2. The maximum Gasteiger partial charge on any atom is 0.257 e. The average molecular weight is 333 g/mol. The summed E-state index contributed by atoms with van der Waals surface area (Å²) in [6.07, 6.45) is 0. The van der Waals surface area contributed by atoms with Crippen molar-refractivity contribution in [2.24, 2.45) is 0 Å². The number of benzene rings is 2. The van der Waals surface area contributed by atoms with E-state index in [1.165, 1.54) is 11.8 Å². The zero-order valence-electron chi connectivity index (χ0n) is 11.6. The Morgan fingerprint density at radius 2 is 2.09 bits per heavy atom. The van der Waals surface area contributed by atoms with Crippen molar-refractivity contribution < 1.29 is 9.21 Å². The monoisotopic (exact) mass is 332 g/mol. The molecule has 0 unspecified atom stereocenters. The van der Waals surface area contributed by atoms with Gasteiger partial charge in [0.15, 0.2) is 5.58 Å². The SMILES string of the molecule is O=C(CSc1nc2ccccc2o1)NCc1cccc(Cl)c1. The van der Waals surface area contributed by atoms with E-state index in [2.05, 4.69) is 10.3 Å². The van der Waals surface area contributed by atoms with Gasteiger partial charge in [0.1, 0.15) is 5.52 Å². The molecule has 4 nitrogen and oxygen atoms in total. The largest absolute Gasteiger partial charge is 0.431 e. The number of oxazole rings is 1. The maximum absolute atomic E-state index is 11.9. The number of fused-ring (bicyclic) bond motifs is 1. The van der Waals surface area contributed by atoms with Crippen LogP contribution in [0.3, 0.4) is 0 Å². The fourth-order valence-electron chi connectivity index (χ4n) is 1.94. The summed E-state index contributed by atoms with van der Waals surface area (Å²) in [6, 6.07) is 14.9.